The van der Waals surface area contributed by atoms with Crippen molar-refractivity contribution in [1.29, 1.82) is 5.26 Å². The molecule has 0 bridgehead atoms. The van der Waals surface area contributed by atoms with Crippen LogP contribution in [-0.4, -0.2) is 45.2 Å². The molecule has 0 N–H and O–H groups in total. The third-order valence-electron chi connectivity index (χ3n) is 3.61. The summed E-state index contributed by atoms with van der Waals surface area (Å²) in [6.45, 7) is 1.19. The van der Waals surface area contributed by atoms with E-state index in [1.165, 1.54) is 19.1 Å². The molecule has 2 rings (SSSR count). The summed E-state index contributed by atoms with van der Waals surface area (Å²) in [5, 5.41) is 8.01. The molecule has 1 fully saturated rings. The second-order valence-electron chi connectivity index (χ2n) is 5.21. The average molecular weight is 346 g/mol. The third kappa shape index (κ3) is 3.45. The van der Waals surface area contributed by atoms with Gasteiger partial charge in [0.25, 0.3) is 0 Å². The van der Waals surface area contributed by atoms with Gasteiger partial charge in [-0.1, -0.05) is 0 Å². The minimum atomic E-state index is -3.85. The van der Waals surface area contributed by atoms with Crippen LogP contribution in [0.25, 0.3) is 0 Å². The molecule has 0 saturated carbocycles. The lowest BCUT2D eigenvalue weighted by atomic mass is 10.1. The zero-order chi connectivity index (χ0) is 16.5. The van der Waals surface area contributed by atoms with Gasteiger partial charge in [-0.3, -0.25) is 0 Å². The van der Waals surface area contributed by atoms with Crippen molar-refractivity contribution in [1.82, 2.24) is 4.31 Å². The van der Waals surface area contributed by atoms with Crippen LogP contribution in [-0.2, 0) is 25.6 Å². The molecule has 1 heterocycles. The van der Waals surface area contributed by atoms with Crippen LogP contribution in [0, 0.1) is 17.1 Å². The second kappa shape index (κ2) is 5.95. The number of nitriles is 1. The van der Waals surface area contributed by atoms with E-state index in [-0.39, 0.29) is 30.0 Å². The van der Waals surface area contributed by atoms with Crippen LogP contribution in [0.5, 0.6) is 0 Å². The standard InChI is InChI=1S/C13H15FN2O4S2/c1-10-8-16(4-5-21(10,17)18)22(19,20)9-12-6-11(7-15)2-3-13(12)14/h2-3,6,10H,4-5,8-9H2,1H3. The Morgan fingerprint density at radius 3 is 2.73 bits per heavy atom. The molecular weight excluding hydrogens is 331 g/mol. The zero-order valence-corrected chi connectivity index (χ0v) is 13.5. The summed E-state index contributed by atoms with van der Waals surface area (Å²) < 4.78 is 62.7. The van der Waals surface area contributed by atoms with Gasteiger partial charge in [-0.15, -0.1) is 0 Å². The Bertz CT molecular complexity index is 828. The lowest BCUT2D eigenvalue weighted by Gasteiger charge is -2.30. The molecule has 1 aromatic rings. The highest BCUT2D eigenvalue weighted by Crippen LogP contribution is 2.20. The monoisotopic (exact) mass is 346 g/mol. The van der Waals surface area contributed by atoms with Gasteiger partial charge in [0.1, 0.15) is 5.82 Å². The van der Waals surface area contributed by atoms with Crippen molar-refractivity contribution in [2.45, 2.75) is 17.9 Å². The van der Waals surface area contributed by atoms with E-state index in [2.05, 4.69) is 0 Å². The van der Waals surface area contributed by atoms with Crippen molar-refractivity contribution < 1.29 is 21.2 Å². The van der Waals surface area contributed by atoms with Gasteiger partial charge in [-0.2, -0.15) is 9.57 Å². The molecule has 9 heteroatoms. The maximum Gasteiger partial charge on any atom is 0.218 e. The highest BCUT2D eigenvalue weighted by atomic mass is 32.2. The Morgan fingerprint density at radius 1 is 1.45 bits per heavy atom. The summed E-state index contributed by atoms with van der Waals surface area (Å²) >= 11 is 0. The molecule has 1 aliphatic rings. The van der Waals surface area contributed by atoms with Crippen molar-refractivity contribution in [2.24, 2.45) is 0 Å². The molecule has 0 aliphatic carbocycles. The van der Waals surface area contributed by atoms with E-state index < -0.39 is 36.7 Å². The molecule has 1 atom stereocenters. The van der Waals surface area contributed by atoms with Crippen LogP contribution in [0.1, 0.15) is 18.1 Å². The summed E-state index contributed by atoms with van der Waals surface area (Å²) in [6, 6.07) is 5.33. The van der Waals surface area contributed by atoms with Gasteiger partial charge in [0.15, 0.2) is 9.84 Å². The predicted octanol–water partition coefficient (Wildman–Crippen LogP) is 0.646. The number of hydrogen-bond acceptors (Lipinski definition) is 5. The number of sulfone groups is 1. The number of nitrogens with zero attached hydrogens (tertiary/aromatic N) is 2. The van der Waals surface area contributed by atoms with Crippen LogP contribution < -0.4 is 0 Å². The molecule has 1 aliphatic heterocycles. The number of halogens is 1. The fraction of sp³-hybridized carbons (Fsp3) is 0.462. The molecular formula is C13H15FN2O4S2. The first-order valence-corrected chi connectivity index (χ1v) is 9.86. The molecule has 6 nitrogen and oxygen atoms in total. The third-order valence-corrected chi connectivity index (χ3v) is 7.53. The van der Waals surface area contributed by atoms with E-state index in [1.54, 1.807) is 0 Å². The summed E-state index contributed by atoms with van der Waals surface area (Å²) in [6.07, 6.45) is 0. The molecule has 1 saturated heterocycles. The Hall–Kier alpha value is -1.50. The van der Waals surface area contributed by atoms with Crippen molar-refractivity contribution in [3.8, 4) is 6.07 Å². The Kier molecular flexibility index (Phi) is 4.56. The van der Waals surface area contributed by atoms with Gasteiger partial charge in [0.05, 0.1) is 28.4 Å². The van der Waals surface area contributed by atoms with Crippen LogP contribution in [0.3, 0.4) is 0 Å². The van der Waals surface area contributed by atoms with Crippen LogP contribution in [0.4, 0.5) is 4.39 Å². The summed E-state index contributed by atoms with van der Waals surface area (Å²) in [4.78, 5) is 0. The first-order valence-electron chi connectivity index (χ1n) is 6.53. The van der Waals surface area contributed by atoms with Gasteiger partial charge in [-0.25, -0.2) is 21.2 Å². The summed E-state index contributed by atoms with van der Waals surface area (Å²) in [7, 11) is -7.12. The Labute approximate surface area is 129 Å². The normalized spacial score (nSPS) is 22.1. The van der Waals surface area contributed by atoms with E-state index in [0.717, 1.165) is 10.4 Å². The quantitative estimate of drug-likeness (QED) is 0.800. The number of benzene rings is 1. The highest BCUT2D eigenvalue weighted by molar-refractivity contribution is 7.92. The fourth-order valence-corrected chi connectivity index (χ4v) is 5.33. The fourth-order valence-electron chi connectivity index (χ4n) is 2.22. The van der Waals surface area contributed by atoms with Crippen molar-refractivity contribution >= 4 is 19.9 Å². The van der Waals surface area contributed by atoms with E-state index in [9.17, 15) is 21.2 Å². The Balaban J connectivity index is 2.24. The molecule has 22 heavy (non-hydrogen) atoms. The highest BCUT2D eigenvalue weighted by Gasteiger charge is 2.35. The van der Waals surface area contributed by atoms with E-state index in [1.807, 2.05) is 6.07 Å². The van der Waals surface area contributed by atoms with Crippen molar-refractivity contribution in [3.63, 3.8) is 0 Å². The van der Waals surface area contributed by atoms with Crippen LogP contribution in [0.2, 0.25) is 0 Å². The maximum absolute atomic E-state index is 13.7. The summed E-state index contributed by atoms with van der Waals surface area (Å²) in [5.41, 5.74) is 0.0707. The second-order valence-corrected chi connectivity index (χ2v) is 9.72. The largest absolute Gasteiger partial charge is 0.228 e. The molecule has 0 radical (unpaired) electrons. The smallest absolute Gasteiger partial charge is 0.218 e. The SMILES string of the molecule is CC1CN(S(=O)(=O)Cc2cc(C#N)ccc2F)CCS1(=O)=O. The van der Waals surface area contributed by atoms with Crippen molar-refractivity contribution in [2.75, 3.05) is 18.8 Å². The lowest BCUT2D eigenvalue weighted by molar-refractivity contribution is 0.406. The van der Waals surface area contributed by atoms with E-state index in [0.29, 0.717) is 0 Å². The van der Waals surface area contributed by atoms with E-state index >= 15 is 0 Å². The molecule has 120 valence electrons. The predicted molar refractivity (Wildman–Crippen MR) is 78.6 cm³/mol. The Morgan fingerprint density at radius 2 is 2.14 bits per heavy atom. The number of sulfonamides is 1. The lowest BCUT2D eigenvalue weighted by Crippen LogP contribution is -2.48. The van der Waals surface area contributed by atoms with Crippen LogP contribution >= 0.6 is 0 Å². The molecule has 0 aromatic heterocycles. The summed E-state index contributed by atoms with van der Waals surface area (Å²) in [5.74, 6) is -1.55. The zero-order valence-electron chi connectivity index (χ0n) is 11.9. The van der Waals surface area contributed by atoms with Gasteiger partial charge >= 0.3 is 0 Å². The van der Waals surface area contributed by atoms with Crippen molar-refractivity contribution in [3.05, 3.63) is 35.1 Å². The molecule has 0 spiro atoms. The topological polar surface area (TPSA) is 95.3 Å². The van der Waals surface area contributed by atoms with Gasteiger partial charge in [-0.05, 0) is 25.1 Å². The number of hydrogen-bond donors (Lipinski definition) is 0. The average Bonchev–Trinajstić information content (AvgIpc) is 2.44. The molecule has 1 unspecified atom stereocenters. The minimum absolute atomic E-state index is 0.0971. The van der Waals surface area contributed by atoms with Crippen LogP contribution in [0.15, 0.2) is 18.2 Å². The molecule has 0 amide bonds. The first kappa shape index (κ1) is 16.9. The van der Waals surface area contributed by atoms with Gasteiger partial charge in [0.2, 0.25) is 10.0 Å². The first-order chi connectivity index (χ1) is 10.2. The van der Waals surface area contributed by atoms with Gasteiger partial charge < -0.3 is 0 Å². The maximum atomic E-state index is 13.7. The number of rotatable bonds is 3. The molecule has 1 aromatic carbocycles. The van der Waals surface area contributed by atoms with Gasteiger partial charge in [0, 0.05) is 18.7 Å². The van der Waals surface area contributed by atoms with E-state index in [4.69, 9.17) is 5.26 Å². The minimum Gasteiger partial charge on any atom is -0.228 e.